The minimum absolute atomic E-state index is 0.0394. The third-order valence-electron chi connectivity index (χ3n) is 1.03. The van der Waals surface area contributed by atoms with Crippen molar-refractivity contribution in [3.8, 4) is 0 Å². The maximum atomic E-state index is 10.3. The fourth-order valence-electron chi connectivity index (χ4n) is 0.550. The van der Waals surface area contributed by atoms with Crippen LogP contribution in [0.15, 0.2) is 22.5 Å². The van der Waals surface area contributed by atoms with Gasteiger partial charge in [0.05, 0.1) is 5.57 Å². The molecule has 0 amide bonds. The molecule has 0 radical (unpaired) electrons. The Morgan fingerprint density at radius 3 is 2.45 bits per heavy atom. The molecule has 0 aromatic carbocycles. The van der Waals surface area contributed by atoms with Gasteiger partial charge in [0.15, 0.2) is 0 Å². The van der Waals surface area contributed by atoms with Gasteiger partial charge in [0.1, 0.15) is 0 Å². The second kappa shape index (κ2) is 3.02. The van der Waals surface area contributed by atoms with E-state index in [0.717, 1.165) is 0 Å². The summed E-state index contributed by atoms with van der Waals surface area (Å²) in [5.74, 6) is -1.10. The fourth-order valence-corrected chi connectivity index (χ4v) is 2.49. The summed E-state index contributed by atoms with van der Waals surface area (Å²) in [6.45, 7) is 0. The van der Waals surface area contributed by atoms with Crippen molar-refractivity contribution in [2.24, 2.45) is 0 Å². The fraction of sp³-hybridized carbons (Fsp3) is 0. The van der Waals surface area contributed by atoms with Gasteiger partial charge in [0, 0.05) is 0 Å². The average molecular weight is 192 g/mol. The summed E-state index contributed by atoms with van der Waals surface area (Å²) in [4.78, 5) is 10.3. The zero-order chi connectivity index (χ0) is 8.43. The molecule has 4 nitrogen and oxygen atoms in total. The summed E-state index contributed by atoms with van der Waals surface area (Å²) < 4.78 is 20.6. The van der Waals surface area contributed by atoms with E-state index in [1.807, 2.05) is 0 Å². The first-order valence-corrected chi connectivity index (χ1v) is 5.50. The van der Waals surface area contributed by atoms with Gasteiger partial charge >= 0.3 is 5.97 Å². The van der Waals surface area contributed by atoms with E-state index in [0.29, 0.717) is 0 Å². The molecule has 1 heterocycles. The first-order valence-electron chi connectivity index (χ1n) is 2.56. The molecule has 1 aliphatic heterocycles. The second-order valence-electron chi connectivity index (χ2n) is 1.71. The predicted molar refractivity (Wildman–Crippen MR) is 41.1 cm³/mol. The summed E-state index contributed by atoms with van der Waals surface area (Å²) in [6.07, 6.45) is 1.29. The van der Waals surface area contributed by atoms with E-state index in [4.69, 9.17) is 5.11 Å². The Hall–Kier alpha value is -0.880. The van der Waals surface area contributed by atoms with Crippen LogP contribution in [0.3, 0.4) is 0 Å². The number of hydrogen-bond acceptors (Lipinski definition) is 3. The minimum Gasteiger partial charge on any atom is -0.478 e. The molecule has 0 aromatic heterocycles. The van der Waals surface area contributed by atoms with E-state index in [1.54, 1.807) is 0 Å². The topological polar surface area (TPSA) is 71.4 Å². The van der Waals surface area contributed by atoms with Crippen molar-refractivity contribution < 1.29 is 18.3 Å². The molecule has 1 aliphatic rings. The van der Waals surface area contributed by atoms with Crippen molar-refractivity contribution in [2.45, 2.75) is 0 Å². The molecule has 11 heavy (non-hydrogen) atoms. The van der Waals surface area contributed by atoms with Crippen LogP contribution in [0, 0.1) is 0 Å². The Labute approximate surface area is 66.0 Å². The maximum absolute atomic E-state index is 10.3. The van der Waals surface area contributed by atoms with Gasteiger partial charge in [-0.2, -0.15) is 8.42 Å². The van der Waals surface area contributed by atoms with Crippen LogP contribution < -0.4 is 0 Å². The Balaban J connectivity index is 3.17. The maximum Gasteiger partial charge on any atom is 0.336 e. The zero-order valence-corrected chi connectivity index (χ0v) is 6.85. The molecular weight excluding hydrogens is 188 g/mol. The lowest BCUT2D eigenvalue weighted by molar-refractivity contribution is -0.132. The molecule has 1 unspecified atom stereocenters. The van der Waals surface area contributed by atoms with Crippen LogP contribution in [-0.2, 0) is 23.5 Å². The molecule has 0 fully saturated rings. The molecule has 0 spiro atoms. The quantitative estimate of drug-likeness (QED) is 0.629. The highest BCUT2D eigenvalue weighted by Crippen LogP contribution is 2.09. The molecule has 1 rings (SSSR count). The smallest absolute Gasteiger partial charge is 0.336 e. The summed E-state index contributed by atoms with van der Waals surface area (Å²) >= 11 is 0. The predicted octanol–water partition coefficient (Wildman–Crippen LogP) is -0.105. The molecular formula is C5H4O4S2. The van der Waals surface area contributed by atoms with Crippen molar-refractivity contribution in [3.63, 3.8) is 0 Å². The van der Waals surface area contributed by atoms with Crippen LogP contribution in [0.4, 0.5) is 0 Å². The average Bonchev–Trinajstić information content (AvgIpc) is 2.33. The Bertz CT molecular complexity index is 377. The van der Waals surface area contributed by atoms with Crippen molar-refractivity contribution in [3.05, 3.63) is 22.5 Å². The molecule has 60 valence electrons. The normalized spacial score (nSPS) is 21.5. The molecule has 0 bridgehead atoms. The third-order valence-corrected chi connectivity index (χ3v) is 3.80. The number of carboxylic acid groups (broad SMARTS) is 1. The minimum atomic E-state index is -2.23. The van der Waals surface area contributed by atoms with Crippen molar-refractivity contribution in [1.29, 1.82) is 0 Å². The van der Waals surface area contributed by atoms with Gasteiger partial charge in [-0.15, -0.1) is 0 Å². The molecule has 1 N–H and O–H groups in total. The highest BCUT2D eigenvalue weighted by atomic mass is 32.9. The Kier molecular flexibility index (Phi) is 2.25. The van der Waals surface area contributed by atoms with Gasteiger partial charge < -0.3 is 5.11 Å². The summed E-state index contributed by atoms with van der Waals surface area (Å²) in [5.41, 5.74) is 0.0394. The molecule has 0 aliphatic carbocycles. The first kappa shape index (κ1) is 8.22. The lowest BCUT2D eigenvalue weighted by atomic mass is 10.3. The van der Waals surface area contributed by atoms with Crippen LogP contribution in [0.2, 0.25) is 0 Å². The molecule has 0 saturated carbocycles. The van der Waals surface area contributed by atoms with E-state index in [2.05, 4.69) is 0 Å². The van der Waals surface area contributed by atoms with Crippen LogP contribution in [0.1, 0.15) is 0 Å². The van der Waals surface area contributed by atoms with Crippen molar-refractivity contribution >= 4 is 24.7 Å². The molecule has 0 aromatic rings. The van der Waals surface area contributed by atoms with E-state index in [1.165, 1.54) is 16.9 Å². The standard InChI is InChI=1S/C5H4O4S2/c6-5(7)4-1-2-10(3-4)11(8)9/h1-3H,(H,6,7). The highest BCUT2D eigenvalue weighted by molar-refractivity contribution is 8.37. The Morgan fingerprint density at radius 2 is 2.18 bits per heavy atom. The summed E-state index contributed by atoms with van der Waals surface area (Å²) in [7, 11) is -3.26. The number of carbonyl (C=O) groups is 1. The van der Waals surface area contributed by atoms with Crippen molar-refractivity contribution in [1.82, 2.24) is 0 Å². The lowest BCUT2D eigenvalue weighted by Crippen LogP contribution is -1.94. The lowest BCUT2D eigenvalue weighted by Gasteiger charge is -1.83. The van der Waals surface area contributed by atoms with E-state index < -0.39 is 24.7 Å². The first-order chi connectivity index (χ1) is 5.11. The number of rotatable bonds is 1. The van der Waals surface area contributed by atoms with Gasteiger partial charge in [-0.05, 0) is 26.3 Å². The number of carboxylic acids is 1. The number of hydrogen-bond donors (Lipinski definition) is 1. The third kappa shape index (κ3) is 1.78. The zero-order valence-electron chi connectivity index (χ0n) is 5.22. The van der Waals surface area contributed by atoms with Crippen LogP contribution >= 0.6 is 0 Å². The van der Waals surface area contributed by atoms with Gasteiger partial charge in [-0.3, -0.25) is 0 Å². The molecule has 6 heteroatoms. The van der Waals surface area contributed by atoms with E-state index in [-0.39, 0.29) is 5.57 Å². The SMILES string of the molecule is O=C(O)C1=CS(=S(=O)=O)C=C1. The summed E-state index contributed by atoms with van der Waals surface area (Å²) in [6, 6.07) is 0. The molecule has 0 saturated heterocycles. The van der Waals surface area contributed by atoms with Gasteiger partial charge in [-0.1, -0.05) is 0 Å². The van der Waals surface area contributed by atoms with Crippen LogP contribution in [0.5, 0.6) is 0 Å². The monoisotopic (exact) mass is 192 g/mol. The van der Waals surface area contributed by atoms with E-state index in [9.17, 15) is 13.2 Å². The van der Waals surface area contributed by atoms with Crippen molar-refractivity contribution in [2.75, 3.05) is 0 Å². The van der Waals surface area contributed by atoms with Gasteiger partial charge in [0.25, 0.3) is 0 Å². The second-order valence-corrected chi connectivity index (χ2v) is 5.26. The van der Waals surface area contributed by atoms with Gasteiger partial charge in [0.2, 0.25) is 9.26 Å². The Morgan fingerprint density at radius 1 is 1.55 bits per heavy atom. The summed E-state index contributed by atoms with van der Waals surface area (Å²) in [5, 5.41) is 11.0. The van der Waals surface area contributed by atoms with Crippen LogP contribution in [0.25, 0.3) is 0 Å². The number of aliphatic carboxylic acids is 1. The van der Waals surface area contributed by atoms with E-state index >= 15 is 0 Å². The van der Waals surface area contributed by atoms with Gasteiger partial charge in [-0.25, -0.2) is 4.79 Å². The van der Waals surface area contributed by atoms with Crippen LogP contribution in [-0.4, -0.2) is 19.5 Å². The molecule has 1 atom stereocenters. The highest BCUT2D eigenvalue weighted by Gasteiger charge is 2.09. The largest absolute Gasteiger partial charge is 0.478 e.